The van der Waals surface area contributed by atoms with E-state index in [1.165, 1.54) is 23.5 Å². The first-order valence-electron chi connectivity index (χ1n) is 11.6. The van der Waals surface area contributed by atoms with Gasteiger partial charge in [0.1, 0.15) is 11.5 Å². The fourth-order valence-corrected chi connectivity index (χ4v) is 5.72. The Kier molecular flexibility index (Phi) is 8.93. The van der Waals surface area contributed by atoms with Crippen LogP contribution < -0.4 is 14.8 Å². The summed E-state index contributed by atoms with van der Waals surface area (Å²) < 4.78 is 38.8. The molecular weight excluding hydrogens is 454 g/mol. The van der Waals surface area contributed by atoms with Gasteiger partial charge >= 0.3 is 0 Å². The summed E-state index contributed by atoms with van der Waals surface area (Å²) in [4.78, 5) is 14.9. The van der Waals surface area contributed by atoms with Crippen LogP contribution in [0.2, 0.25) is 0 Å². The number of benzene rings is 2. The van der Waals surface area contributed by atoms with Crippen molar-refractivity contribution in [2.45, 2.75) is 43.5 Å². The maximum atomic E-state index is 13.2. The smallest absolute Gasteiger partial charge is 0.243 e. The summed E-state index contributed by atoms with van der Waals surface area (Å²) in [5, 5.41) is 2.84. The molecule has 8 nitrogen and oxygen atoms in total. The number of para-hydroxylation sites is 1. The van der Waals surface area contributed by atoms with Crippen LogP contribution in [0, 0.1) is 0 Å². The number of hydrogen-bond donors (Lipinski definition) is 1. The third kappa shape index (κ3) is 6.08. The minimum Gasteiger partial charge on any atom is -0.496 e. The number of amides is 1. The molecule has 3 rings (SSSR count). The number of carbonyl (C=O) groups is 1. The molecule has 1 amide bonds. The third-order valence-corrected chi connectivity index (χ3v) is 8.19. The first-order chi connectivity index (χ1) is 16.3. The second-order valence-electron chi connectivity index (χ2n) is 8.56. The molecule has 2 aromatic rings. The molecule has 1 N–H and O–H groups in total. The van der Waals surface area contributed by atoms with E-state index < -0.39 is 10.0 Å². The number of carbonyl (C=O) groups excluding carboxylic acids is 1. The van der Waals surface area contributed by atoms with E-state index in [1.807, 2.05) is 43.1 Å². The van der Waals surface area contributed by atoms with Crippen molar-refractivity contribution in [3.05, 3.63) is 48.0 Å². The van der Waals surface area contributed by atoms with Gasteiger partial charge in [-0.1, -0.05) is 31.0 Å². The molecule has 34 heavy (non-hydrogen) atoms. The lowest BCUT2D eigenvalue weighted by molar-refractivity contribution is -0.117. The van der Waals surface area contributed by atoms with Crippen molar-refractivity contribution in [3.8, 4) is 11.5 Å². The van der Waals surface area contributed by atoms with Gasteiger partial charge in [0.15, 0.2) is 0 Å². The molecular formula is C25H35N3O5S. The molecule has 0 radical (unpaired) electrons. The topological polar surface area (TPSA) is 88.2 Å². The number of anilines is 1. The Hall–Kier alpha value is -2.62. The summed E-state index contributed by atoms with van der Waals surface area (Å²) in [6.07, 6.45) is 3.79. The van der Waals surface area contributed by atoms with Gasteiger partial charge in [-0.15, -0.1) is 0 Å². The molecule has 1 aliphatic rings. The molecule has 1 unspecified atom stereocenters. The number of methoxy groups -OCH3 is 2. The first kappa shape index (κ1) is 26.0. The van der Waals surface area contributed by atoms with Gasteiger partial charge in [0.05, 0.1) is 31.3 Å². The van der Waals surface area contributed by atoms with E-state index in [4.69, 9.17) is 9.47 Å². The van der Waals surface area contributed by atoms with Gasteiger partial charge in [-0.3, -0.25) is 9.69 Å². The van der Waals surface area contributed by atoms with Crippen LogP contribution in [-0.2, 0) is 14.8 Å². The molecule has 1 heterocycles. The summed E-state index contributed by atoms with van der Waals surface area (Å²) in [7, 11) is 1.32. The number of hydrogen-bond acceptors (Lipinski definition) is 6. The number of nitrogens with one attached hydrogen (secondary N) is 1. The summed E-state index contributed by atoms with van der Waals surface area (Å²) in [6.45, 7) is 3.13. The zero-order chi connectivity index (χ0) is 24.7. The van der Waals surface area contributed by atoms with E-state index in [2.05, 4.69) is 5.32 Å². The molecule has 0 spiro atoms. The number of rotatable bonds is 9. The van der Waals surface area contributed by atoms with E-state index in [0.717, 1.165) is 37.0 Å². The summed E-state index contributed by atoms with van der Waals surface area (Å²) in [5.74, 6) is 0.894. The van der Waals surface area contributed by atoms with Crippen LogP contribution in [0.4, 0.5) is 5.69 Å². The lowest BCUT2D eigenvalue weighted by Crippen LogP contribution is -2.33. The van der Waals surface area contributed by atoms with Crippen LogP contribution in [0.1, 0.15) is 44.2 Å². The minimum atomic E-state index is -3.65. The number of ether oxygens (including phenoxy) is 2. The summed E-state index contributed by atoms with van der Waals surface area (Å²) in [5.41, 5.74) is 1.31. The molecule has 1 saturated heterocycles. The largest absolute Gasteiger partial charge is 0.496 e. The minimum absolute atomic E-state index is 0.0708. The molecule has 0 bridgehead atoms. The normalized spacial score (nSPS) is 16.0. The highest BCUT2D eigenvalue weighted by atomic mass is 32.2. The molecule has 0 saturated carbocycles. The van der Waals surface area contributed by atoms with Gasteiger partial charge in [-0.05, 0) is 51.1 Å². The number of sulfonamides is 1. The standard InChI is InChI=1S/C25H35N3O5S/c1-19(21-11-7-8-12-23(21)32-3)27(2)18-25(29)26-22-17-20(13-14-24(22)33-4)34(30,31)28-15-9-5-6-10-16-28/h7-8,11-14,17,19H,5-6,9-10,15-16,18H2,1-4H3,(H,26,29). The lowest BCUT2D eigenvalue weighted by atomic mass is 10.1. The fraction of sp³-hybridized carbons (Fsp3) is 0.480. The van der Waals surface area contributed by atoms with Crippen LogP contribution >= 0.6 is 0 Å². The quantitative estimate of drug-likeness (QED) is 0.575. The van der Waals surface area contributed by atoms with Gasteiger partial charge in [-0.2, -0.15) is 4.31 Å². The van der Waals surface area contributed by atoms with E-state index in [1.54, 1.807) is 13.2 Å². The second-order valence-corrected chi connectivity index (χ2v) is 10.5. The summed E-state index contributed by atoms with van der Waals surface area (Å²) >= 11 is 0. The van der Waals surface area contributed by atoms with Crippen LogP contribution in [0.3, 0.4) is 0 Å². The lowest BCUT2D eigenvalue weighted by Gasteiger charge is -2.26. The maximum Gasteiger partial charge on any atom is 0.243 e. The van der Waals surface area contributed by atoms with Gasteiger partial charge in [0.2, 0.25) is 15.9 Å². The predicted octanol–water partition coefficient (Wildman–Crippen LogP) is 3.90. The van der Waals surface area contributed by atoms with E-state index >= 15 is 0 Å². The average Bonchev–Trinajstić information content (AvgIpc) is 3.13. The highest BCUT2D eigenvalue weighted by Crippen LogP contribution is 2.31. The van der Waals surface area contributed by atoms with Crippen molar-refractivity contribution in [2.75, 3.05) is 46.2 Å². The molecule has 1 fully saturated rings. The van der Waals surface area contributed by atoms with Crippen LogP contribution in [0.15, 0.2) is 47.4 Å². The van der Waals surface area contributed by atoms with Crippen molar-refractivity contribution in [2.24, 2.45) is 0 Å². The molecule has 1 aliphatic heterocycles. The third-order valence-electron chi connectivity index (χ3n) is 6.29. The maximum absolute atomic E-state index is 13.2. The fourth-order valence-electron chi connectivity index (χ4n) is 4.18. The first-order valence-corrected chi connectivity index (χ1v) is 13.0. The highest BCUT2D eigenvalue weighted by Gasteiger charge is 2.26. The van der Waals surface area contributed by atoms with Gasteiger partial charge in [0.25, 0.3) is 0 Å². The SMILES string of the molecule is COc1ccc(S(=O)(=O)N2CCCCCC2)cc1NC(=O)CN(C)C(C)c1ccccc1OC. The monoisotopic (exact) mass is 489 g/mol. The van der Waals surface area contributed by atoms with Crippen molar-refractivity contribution in [1.82, 2.24) is 9.21 Å². The number of nitrogens with zero attached hydrogens (tertiary/aromatic N) is 2. The van der Waals surface area contributed by atoms with Gasteiger partial charge in [0, 0.05) is 24.7 Å². The Morgan fingerprint density at radius 2 is 1.68 bits per heavy atom. The van der Waals surface area contributed by atoms with Gasteiger partial charge in [-0.25, -0.2) is 8.42 Å². The predicted molar refractivity (Wildman–Crippen MR) is 133 cm³/mol. The van der Waals surface area contributed by atoms with Crippen molar-refractivity contribution >= 4 is 21.6 Å². The van der Waals surface area contributed by atoms with Crippen LogP contribution in [0.25, 0.3) is 0 Å². The number of likely N-dealkylation sites (N-methyl/N-ethyl adjacent to an activating group) is 1. The Balaban J connectivity index is 1.75. The van der Waals surface area contributed by atoms with Crippen molar-refractivity contribution in [1.29, 1.82) is 0 Å². The molecule has 0 aliphatic carbocycles. The van der Waals surface area contributed by atoms with Crippen molar-refractivity contribution < 1.29 is 22.7 Å². The molecule has 186 valence electrons. The highest BCUT2D eigenvalue weighted by molar-refractivity contribution is 7.89. The van der Waals surface area contributed by atoms with E-state index in [-0.39, 0.29) is 23.4 Å². The molecule has 1 atom stereocenters. The van der Waals surface area contributed by atoms with Crippen LogP contribution in [-0.4, -0.2) is 64.4 Å². The van der Waals surface area contributed by atoms with Gasteiger partial charge < -0.3 is 14.8 Å². The van der Waals surface area contributed by atoms with E-state index in [0.29, 0.717) is 24.5 Å². The Morgan fingerprint density at radius 3 is 2.32 bits per heavy atom. The zero-order valence-corrected chi connectivity index (χ0v) is 21.2. The van der Waals surface area contributed by atoms with Crippen molar-refractivity contribution in [3.63, 3.8) is 0 Å². The molecule has 2 aromatic carbocycles. The molecule has 0 aromatic heterocycles. The Labute approximate surface area is 202 Å². The average molecular weight is 490 g/mol. The Bertz CT molecular complexity index is 1080. The van der Waals surface area contributed by atoms with Crippen LogP contribution in [0.5, 0.6) is 11.5 Å². The molecule has 9 heteroatoms. The second kappa shape index (κ2) is 11.7. The zero-order valence-electron chi connectivity index (χ0n) is 20.4. The summed E-state index contributed by atoms with van der Waals surface area (Å²) in [6, 6.07) is 12.2. The van der Waals surface area contributed by atoms with E-state index in [9.17, 15) is 13.2 Å². The Morgan fingerprint density at radius 1 is 1.03 bits per heavy atom.